The minimum absolute atomic E-state index is 0.00754. The van der Waals surface area contributed by atoms with Crippen LogP contribution in [0, 0.1) is 0 Å². The third kappa shape index (κ3) is 3.74. The minimum Gasteiger partial charge on any atom is -0.436 e. The number of H-pyrrole nitrogens is 1. The summed E-state index contributed by atoms with van der Waals surface area (Å²) in [5.74, 6) is -1.14. The van der Waals surface area contributed by atoms with Gasteiger partial charge in [0.15, 0.2) is 0 Å². The number of nitrogens with one attached hydrogen (secondary N) is 1. The molecule has 0 bridgehead atoms. The molecule has 1 N–H and O–H groups in total. The van der Waals surface area contributed by atoms with Crippen LogP contribution in [0.25, 0.3) is 11.1 Å². The van der Waals surface area contributed by atoms with E-state index in [9.17, 15) is 8.78 Å². The van der Waals surface area contributed by atoms with E-state index in [1.807, 2.05) is 24.3 Å². The van der Waals surface area contributed by atoms with E-state index in [1.165, 1.54) is 6.20 Å². The summed E-state index contributed by atoms with van der Waals surface area (Å²) in [6, 6.07) is 15.9. The predicted octanol–water partition coefficient (Wildman–Crippen LogP) is 5.56. The highest BCUT2D eigenvalue weighted by Crippen LogP contribution is 2.41. The van der Waals surface area contributed by atoms with Gasteiger partial charge in [-0.15, -0.1) is 5.10 Å². The van der Waals surface area contributed by atoms with Gasteiger partial charge in [0.2, 0.25) is 5.92 Å². The molecule has 1 aliphatic carbocycles. The average Bonchev–Trinajstić information content (AvgIpc) is 3.16. The highest BCUT2D eigenvalue weighted by Gasteiger charge is 2.35. The first-order chi connectivity index (χ1) is 12.6. The zero-order chi connectivity index (χ0) is 18.0. The summed E-state index contributed by atoms with van der Waals surface area (Å²) >= 11 is 0. The Labute approximate surface area is 150 Å². The lowest BCUT2D eigenvalue weighted by Crippen LogP contribution is -2.23. The smallest absolute Gasteiger partial charge is 0.258 e. The van der Waals surface area contributed by atoms with Gasteiger partial charge in [0.1, 0.15) is 11.9 Å². The zero-order valence-electron chi connectivity index (χ0n) is 14.2. The Morgan fingerprint density at radius 2 is 1.54 bits per heavy atom. The summed E-state index contributed by atoms with van der Waals surface area (Å²) in [6.07, 6.45) is 2.60. The van der Waals surface area contributed by atoms with E-state index < -0.39 is 5.92 Å². The fraction of sp³-hybridized carbons (Fsp3) is 0.300. The Hall–Kier alpha value is -2.76. The second kappa shape index (κ2) is 6.86. The van der Waals surface area contributed by atoms with Crippen molar-refractivity contribution in [2.24, 2.45) is 0 Å². The molecule has 1 aromatic heterocycles. The Kier molecular flexibility index (Phi) is 4.41. The van der Waals surface area contributed by atoms with Crippen LogP contribution in [-0.2, 0) is 0 Å². The molecular formula is C20H19F2N3O. The van der Waals surface area contributed by atoms with Crippen LogP contribution < -0.4 is 4.74 Å². The summed E-state index contributed by atoms with van der Waals surface area (Å²) in [7, 11) is 0. The second-order valence-corrected chi connectivity index (χ2v) is 6.69. The maximum atomic E-state index is 13.3. The molecule has 1 saturated carbocycles. The Morgan fingerprint density at radius 1 is 0.923 bits per heavy atom. The van der Waals surface area contributed by atoms with E-state index in [1.54, 1.807) is 0 Å². The molecule has 0 spiro atoms. The molecule has 0 radical (unpaired) electrons. The highest BCUT2D eigenvalue weighted by molar-refractivity contribution is 5.64. The number of alkyl halides is 2. The Bertz CT molecular complexity index is 836. The average molecular weight is 355 g/mol. The molecule has 6 heteroatoms. The molecule has 0 aliphatic heterocycles. The van der Waals surface area contributed by atoms with Crippen molar-refractivity contribution in [2.75, 3.05) is 0 Å². The number of aromatic amines is 1. The van der Waals surface area contributed by atoms with E-state index >= 15 is 0 Å². The van der Waals surface area contributed by atoms with Crippen LogP contribution >= 0.6 is 0 Å². The SMILES string of the molecule is FC1(F)CCC(c2ccc(-c3ccc(Oc4cn[nH]n4)cc3)cc2)CC1. The molecule has 0 unspecified atom stereocenters. The molecule has 0 atom stereocenters. The van der Waals surface area contributed by atoms with Crippen LogP contribution in [0.3, 0.4) is 0 Å². The van der Waals surface area contributed by atoms with Crippen LogP contribution in [0.5, 0.6) is 11.6 Å². The largest absolute Gasteiger partial charge is 0.436 e. The van der Waals surface area contributed by atoms with Gasteiger partial charge in [-0.25, -0.2) is 8.78 Å². The fourth-order valence-electron chi connectivity index (χ4n) is 3.40. The molecule has 1 heterocycles. The second-order valence-electron chi connectivity index (χ2n) is 6.69. The molecule has 0 amide bonds. The maximum absolute atomic E-state index is 13.3. The van der Waals surface area contributed by atoms with Crippen molar-refractivity contribution in [3.8, 4) is 22.8 Å². The van der Waals surface area contributed by atoms with Gasteiger partial charge in [0, 0.05) is 12.8 Å². The summed E-state index contributed by atoms with van der Waals surface area (Å²) in [5, 5.41) is 10.0. The first-order valence-corrected chi connectivity index (χ1v) is 8.71. The van der Waals surface area contributed by atoms with Crippen molar-refractivity contribution in [3.05, 3.63) is 60.3 Å². The monoisotopic (exact) mass is 355 g/mol. The predicted molar refractivity (Wildman–Crippen MR) is 94.5 cm³/mol. The summed E-state index contributed by atoms with van der Waals surface area (Å²) in [5.41, 5.74) is 3.30. The standard InChI is InChI=1S/C20H19F2N3O/c21-20(22)11-9-17(10-12-20)15-3-1-14(2-4-15)16-5-7-18(8-6-16)26-19-13-23-25-24-19/h1-8,13,17H,9-12H2,(H,23,24,25). The van der Waals surface area contributed by atoms with Gasteiger partial charge in [-0.05, 0) is 47.6 Å². The maximum Gasteiger partial charge on any atom is 0.258 e. The van der Waals surface area contributed by atoms with Crippen molar-refractivity contribution in [1.29, 1.82) is 0 Å². The number of aromatic nitrogens is 3. The number of rotatable bonds is 4. The molecule has 26 heavy (non-hydrogen) atoms. The molecule has 4 nitrogen and oxygen atoms in total. The van der Waals surface area contributed by atoms with Crippen LogP contribution in [-0.4, -0.2) is 21.3 Å². The number of halogens is 2. The molecule has 1 fully saturated rings. The molecule has 4 rings (SSSR count). The number of hydrogen-bond acceptors (Lipinski definition) is 3. The molecular weight excluding hydrogens is 336 g/mol. The molecule has 2 aromatic carbocycles. The van der Waals surface area contributed by atoms with E-state index in [2.05, 4.69) is 39.7 Å². The van der Waals surface area contributed by atoms with Crippen molar-refractivity contribution in [2.45, 2.75) is 37.5 Å². The van der Waals surface area contributed by atoms with Crippen molar-refractivity contribution in [1.82, 2.24) is 15.4 Å². The van der Waals surface area contributed by atoms with Gasteiger partial charge in [0.05, 0.1) is 0 Å². The van der Waals surface area contributed by atoms with Gasteiger partial charge >= 0.3 is 0 Å². The van der Waals surface area contributed by atoms with Gasteiger partial charge < -0.3 is 4.74 Å². The fourth-order valence-corrected chi connectivity index (χ4v) is 3.40. The third-order valence-electron chi connectivity index (χ3n) is 4.90. The molecule has 0 saturated heterocycles. The lowest BCUT2D eigenvalue weighted by Gasteiger charge is -2.28. The van der Waals surface area contributed by atoms with Crippen molar-refractivity contribution < 1.29 is 13.5 Å². The highest BCUT2D eigenvalue weighted by atomic mass is 19.3. The summed E-state index contributed by atoms with van der Waals surface area (Å²) < 4.78 is 32.2. The van der Waals surface area contributed by atoms with Gasteiger partial charge in [-0.1, -0.05) is 36.4 Å². The number of ether oxygens (including phenoxy) is 1. The quantitative estimate of drug-likeness (QED) is 0.667. The van der Waals surface area contributed by atoms with Crippen molar-refractivity contribution in [3.63, 3.8) is 0 Å². The van der Waals surface area contributed by atoms with Crippen LogP contribution in [0.15, 0.2) is 54.7 Å². The first-order valence-electron chi connectivity index (χ1n) is 8.71. The number of hydrogen-bond donors (Lipinski definition) is 1. The molecule has 1 aliphatic rings. The van der Waals surface area contributed by atoms with E-state index in [0.29, 0.717) is 24.5 Å². The summed E-state index contributed by atoms with van der Waals surface area (Å²) in [6.45, 7) is 0. The van der Waals surface area contributed by atoms with E-state index in [0.717, 1.165) is 16.7 Å². The van der Waals surface area contributed by atoms with Gasteiger partial charge in [-0.2, -0.15) is 10.3 Å². The zero-order valence-corrected chi connectivity index (χ0v) is 14.2. The third-order valence-corrected chi connectivity index (χ3v) is 4.90. The lowest BCUT2D eigenvalue weighted by molar-refractivity contribution is -0.0382. The van der Waals surface area contributed by atoms with E-state index in [-0.39, 0.29) is 18.8 Å². The van der Waals surface area contributed by atoms with Crippen molar-refractivity contribution >= 4 is 0 Å². The van der Waals surface area contributed by atoms with Gasteiger partial charge in [-0.3, -0.25) is 0 Å². The Morgan fingerprint density at radius 3 is 2.12 bits per heavy atom. The van der Waals surface area contributed by atoms with Crippen LogP contribution in [0.4, 0.5) is 8.78 Å². The Balaban J connectivity index is 1.43. The number of nitrogens with zero attached hydrogens (tertiary/aromatic N) is 2. The number of benzene rings is 2. The van der Waals surface area contributed by atoms with Crippen LogP contribution in [0.1, 0.15) is 37.2 Å². The molecule has 134 valence electrons. The first kappa shape index (κ1) is 16.7. The lowest BCUT2D eigenvalue weighted by atomic mass is 9.82. The normalized spacial score (nSPS) is 17.2. The minimum atomic E-state index is -2.48. The molecule has 3 aromatic rings. The van der Waals surface area contributed by atoms with E-state index in [4.69, 9.17) is 4.74 Å². The van der Waals surface area contributed by atoms with Crippen LogP contribution in [0.2, 0.25) is 0 Å². The van der Waals surface area contributed by atoms with Gasteiger partial charge in [0.25, 0.3) is 5.88 Å². The summed E-state index contributed by atoms with van der Waals surface area (Å²) in [4.78, 5) is 0. The topological polar surface area (TPSA) is 50.8 Å².